The maximum atomic E-state index is 12.3. The first-order chi connectivity index (χ1) is 9.06. The van der Waals surface area contributed by atoms with Gasteiger partial charge in [-0.2, -0.15) is 17.4 Å². The van der Waals surface area contributed by atoms with E-state index in [2.05, 4.69) is 4.72 Å². The van der Waals surface area contributed by atoms with E-state index in [9.17, 15) is 13.5 Å². The van der Waals surface area contributed by atoms with Gasteiger partial charge >= 0.3 is 0 Å². The predicted octanol–water partition coefficient (Wildman–Crippen LogP) is 0.235. The van der Waals surface area contributed by atoms with Crippen molar-refractivity contribution in [2.75, 3.05) is 19.8 Å². The molecule has 0 spiro atoms. The zero-order valence-electron chi connectivity index (χ0n) is 11.4. The quantitative estimate of drug-likeness (QED) is 0.735. The number of aliphatic hydroxyl groups is 1. The summed E-state index contributed by atoms with van der Waals surface area (Å²) >= 11 is 0. The molecule has 112 valence electrons. The third-order valence-corrected chi connectivity index (χ3v) is 5.63. The highest BCUT2D eigenvalue weighted by Gasteiger charge is 2.37. The highest BCUT2D eigenvalue weighted by molar-refractivity contribution is 7.87. The number of piperidine rings is 1. The van der Waals surface area contributed by atoms with Crippen LogP contribution in [-0.2, 0) is 14.9 Å². The van der Waals surface area contributed by atoms with Crippen molar-refractivity contribution in [1.29, 1.82) is 0 Å². The van der Waals surface area contributed by atoms with Crippen LogP contribution in [0.2, 0.25) is 0 Å². The third-order valence-electron chi connectivity index (χ3n) is 3.91. The van der Waals surface area contributed by atoms with Gasteiger partial charge in [0.05, 0.1) is 12.7 Å². The molecule has 6 nitrogen and oxygen atoms in total. The minimum Gasteiger partial charge on any atom is -0.395 e. The average molecular weight is 292 g/mol. The molecule has 1 heterocycles. The second-order valence-corrected chi connectivity index (χ2v) is 6.97. The minimum absolute atomic E-state index is 0.0252. The molecule has 0 bridgehead atoms. The van der Waals surface area contributed by atoms with Crippen molar-refractivity contribution in [3.8, 4) is 0 Å². The molecule has 1 aliphatic heterocycles. The molecular formula is C12H24N2O4S. The Bertz CT molecular complexity index is 381. The fourth-order valence-electron chi connectivity index (χ4n) is 2.78. The highest BCUT2D eigenvalue weighted by Crippen LogP contribution is 2.26. The molecule has 1 unspecified atom stereocenters. The van der Waals surface area contributed by atoms with Crippen LogP contribution in [0.1, 0.15) is 39.0 Å². The molecule has 1 aliphatic carbocycles. The van der Waals surface area contributed by atoms with Crippen LogP contribution in [0.5, 0.6) is 0 Å². The Labute approximate surface area is 115 Å². The van der Waals surface area contributed by atoms with E-state index in [4.69, 9.17) is 4.74 Å². The Kier molecular flexibility index (Phi) is 5.19. The lowest BCUT2D eigenvalue weighted by atomic mass is 9.90. The van der Waals surface area contributed by atoms with Crippen molar-refractivity contribution in [1.82, 2.24) is 9.03 Å². The molecule has 7 heteroatoms. The molecule has 0 aromatic rings. The van der Waals surface area contributed by atoms with Gasteiger partial charge in [0.15, 0.2) is 0 Å². The van der Waals surface area contributed by atoms with Gasteiger partial charge in [0.1, 0.15) is 0 Å². The van der Waals surface area contributed by atoms with Crippen LogP contribution in [0.4, 0.5) is 0 Å². The second kappa shape index (κ2) is 6.49. The number of ether oxygens (including phenoxy) is 1. The number of hydrogen-bond donors (Lipinski definition) is 2. The summed E-state index contributed by atoms with van der Waals surface area (Å²) in [6.07, 6.45) is 4.25. The van der Waals surface area contributed by atoms with Crippen LogP contribution >= 0.6 is 0 Å². The van der Waals surface area contributed by atoms with Gasteiger partial charge in [0.2, 0.25) is 0 Å². The Hall–Kier alpha value is -0.210. The van der Waals surface area contributed by atoms with Crippen LogP contribution < -0.4 is 4.72 Å². The van der Waals surface area contributed by atoms with Crippen LogP contribution in [0, 0.1) is 0 Å². The molecule has 2 fully saturated rings. The van der Waals surface area contributed by atoms with E-state index in [0.29, 0.717) is 13.2 Å². The van der Waals surface area contributed by atoms with Gasteiger partial charge in [-0.3, -0.25) is 0 Å². The summed E-state index contributed by atoms with van der Waals surface area (Å²) in [5.74, 6) is 0. The molecule has 19 heavy (non-hydrogen) atoms. The summed E-state index contributed by atoms with van der Waals surface area (Å²) in [5, 5.41) is 9.29. The summed E-state index contributed by atoms with van der Waals surface area (Å²) in [4.78, 5) is 0. The van der Waals surface area contributed by atoms with Gasteiger partial charge in [-0.05, 0) is 32.6 Å². The van der Waals surface area contributed by atoms with E-state index < -0.39 is 10.2 Å². The zero-order valence-corrected chi connectivity index (χ0v) is 12.2. The summed E-state index contributed by atoms with van der Waals surface area (Å²) < 4.78 is 34.1. The Balaban J connectivity index is 1.88. The number of rotatable bonds is 6. The molecule has 1 saturated heterocycles. The molecule has 1 saturated carbocycles. The second-order valence-electron chi connectivity index (χ2n) is 5.31. The first kappa shape index (κ1) is 15.2. The Morgan fingerprint density at radius 1 is 1.37 bits per heavy atom. The maximum Gasteiger partial charge on any atom is 0.280 e. The van der Waals surface area contributed by atoms with Crippen molar-refractivity contribution < 1.29 is 18.3 Å². The molecule has 0 aromatic carbocycles. The molecule has 1 atom stereocenters. The summed E-state index contributed by atoms with van der Waals surface area (Å²) in [6, 6.07) is -0.295. The Morgan fingerprint density at radius 3 is 2.74 bits per heavy atom. The topological polar surface area (TPSA) is 78.9 Å². The number of hydrogen-bond acceptors (Lipinski definition) is 4. The van der Waals surface area contributed by atoms with E-state index in [0.717, 1.165) is 32.1 Å². The van der Waals surface area contributed by atoms with E-state index in [-0.39, 0.29) is 24.8 Å². The van der Waals surface area contributed by atoms with Crippen molar-refractivity contribution in [3.05, 3.63) is 0 Å². The average Bonchev–Trinajstić information content (AvgIpc) is 2.36. The minimum atomic E-state index is -3.48. The summed E-state index contributed by atoms with van der Waals surface area (Å²) in [7, 11) is -3.48. The lowest BCUT2D eigenvalue weighted by Crippen LogP contribution is -2.56. The normalized spacial score (nSPS) is 33.1. The first-order valence-electron chi connectivity index (χ1n) is 7.08. The van der Waals surface area contributed by atoms with Gasteiger partial charge in [-0.15, -0.1) is 0 Å². The van der Waals surface area contributed by atoms with Gasteiger partial charge in [-0.1, -0.05) is 6.42 Å². The van der Waals surface area contributed by atoms with Gasteiger partial charge in [0.25, 0.3) is 10.2 Å². The molecule has 2 rings (SSSR count). The lowest BCUT2D eigenvalue weighted by Gasteiger charge is -2.39. The molecule has 0 aromatic heterocycles. The van der Waals surface area contributed by atoms with Crippen LogP contribution in [0.15, 0.2) is 0 Å². The maximum absolute atomic E-state index is 12.3. The summed E-state index contributed by atoms with van der Waals surface area (Å²) in [5.41, 5.74) is 0. The predicted molar refractivity (Wildman–Crippen MR) is 71.9 cm³/mol. The first-order valence-corrected chi connectivity index (χ1v) is 8.52. The fraction of sp³-hybridized carbons (Fsp3) is 1.00. The van der Waals surface area contributed by atoms with Crippen LogP contribution in [0.3, 0.4) is 0 Å². The largest absolute Gasteiger partial charge is 0.395 e. The SMILES string of the molecule is CCOC1CC(NS(=O)(=O)N2CCCCC2CO)C1. The molecule has 2 N–H and O–H groups in total. The number of nitrogens with zero attached hydrogens (tertiary/aromatic N) is 1. The molecule has 0 amide bonds. The van der Waals surface area contributed by atoms with Gasteiger partial charge in [-0.25, -0.2) is 0 Å². The van der Waals surface area contributed by atoms with E-state index in [1.807, 2.05) is 6.92 Å². The van der Waals surface area contributed by atoms with Crippen molar-refractivity contribution in [3.63, 3.8) is 0 Å². The summed E-state index contributed by atoms with van der Waals surface area (Å²) in [6.45, 7) is 3.01. The Morgan fingerprint density at radius 2 is 2.11 bits per heavy atom. The smallest absolute Gasteiger partial charge is 0.280 e. The monoisotopic (exact) mass is 292 g/mol. The van der Waals surface area contributed by atoms with Crippen LogP contribution in [0.25, 0.3) is 0 Å². The third kappa shape index (κ3) is 3.66. The van der Waals surface area contributed by atoms with E-state index in [1.54, 1.807) is 0 Å². The van der Waals surface area contributed by atoms with Crippen molar-refractivity contribution in [2.45, 2.75) is 57.2 Å². The fourth-order valence-corrected chi connectivity index (χ4v) is 4.47. The molecule has 0 radical (unpaired) electrons. The van der Waals surface area contributed by atoms with Crippen LogP contribution in [-0.4, -0.2) is 55.8 Å². The van der Waals surface area contributed by atoms with Gasteiger partial charge < -0.3 is 9.84 Å². The van der Waals surface area contributed by atoms with E-state index in [1.165, 1.54) is 4.31 Å². The number of nitrogens with one attached hydrogen (secondary N) is 1. The van der Waals surface area contributed by atoms with Crippen molar-refractivity contribution in [2.24, 2.45) is 0 Å². The zero-order chi connectivity index (χ0) is 13.9. The highest BCUT2D eigenvalue weighted by atomic mass is 32.2. The van der Waals surface area contributed by atoms with Crippen molar-refractivity contribution >= 4 is 10.2 Å². The molecule has 2 aliphatic rings. The lowest BCUT2D eigenvalue weighted by molar-refractivity contribution is -0.00530. The standard InChI is InChI=1S/C12H24N2O4S/c1-2-18-12-7-10(8-12)13-19(16,17)14-6-4-3-5-11(14)9-15/h10-13,15H,2-9H2,1H3. The number of aliphatic hydroxyl groups excluding tert-OH is 1. The molecular weight excluding hydrogens is 268 g/mol. The van der Waals surface area contributed by atoms with E-state index >= 15 is 0 Å². The van der Waals surface area contributed by atoms with Gasteiger partial charge in [0, 0.05) is 25.2 Å².